The number of pyridine rings is 2. The second kappa shape index (κ2) is 10.8. The number of carbonyl (C=O) groups is 2. The van der Waals surface area contributed by atoms with E-state index in [4.69, 9.17) is 0 Å². The van der Waals surface area contributed by atoms with Crippen LogP contribution in [0.2, 0.25) is 0 Å². The van der Waals surface area contributed by atoms with E-state index in [9.17, 15) is 27.6 Å². The number of hydrogen-bond donors (Lipinski definition) is 2. The topological polar surface area (TPSA) is 96.3 Å². The lowest BCUT2D eigenvalue weighted by atomic mass is 9.83. The van der Waals surface area contributed by atoms with Gasteiger partial charge in [-0.25, -0.2) is 0 Å². The molecule has 4 aromatic rings. The molecule has 2 atom stereocenters. The molecule has 2 aliphatic rings. The highest BCUT2D eigenvalue weighted by molar-refractivity contribution is 6.09. The second-order valence-corrected chi connectivity index (χ2v) is 10.6. The van der Waals surface area contributed by atoms with Crippen LogP contribution in [0.5, 0.6) is 0 Å². The van der Waals surface area contributed by atoms with Crippen molar-refractivity contribution in [2.24, 2.45) is 5.92 Å². The van der Waals surface area contributed by atoms with Crippen LogP contribution in [0.1, 0.15) is 44.3 Å². The molecule has 2 bridgehead atoms. The van der Waals surface area contributed by atoms with Crippen LogP contribution in [-0.2, 0) is 12.7 Å². The Morgan fingerprint density at radius 3 is 2.45 bits per heavy atom. The Hall–Kier alpha value is -4.93. The summed E-state index contributed by atoms with van der Waals surface area (Å²) in [5.74, 6) is -0.727. The molecule has 42 heavy (non-hydrogen) atoms. The van der Waals surface area contributed by atoms with Gasteiger partial charge < -0.3 is 20.1 Å². The van der Waals surface area contributed by atoms with Gasteiger partial charge in [-0.3, -0.25) is 19.4 Å². The van der Waals surface area contributed by atoms with E-state index in [1.807, 2.05) is 10.6 Å². The van der Waals surface area contributed by atoms with Gasteiger partial charge in [0.25, 0.3) is 17.4 Å². The Kier molecular flexibility index (Phi) is 7.01. The predicted octanol–water partition coefficient (Wildman–Crippen LogP) is 5.39. The molecule has 8 nitrogen and oxygen atoms in total. The number of alkyl halides is 3. The van der Waals surface area contributed by atoms with Crippen LogP contribution in [-0.4, -0.2) is 34.5 Å². The van der Waals surface area contributed by atoms with Crippen LogP contribution >= 0.6 is 0 Å². The maximum atomic E-state index is 13.2. The Morgan fingerprint density at radius 1 is 0.857 bits per heavy atom. The summed E-state index contributed by atoms with van der Waals surface area (Å²) in [4.78, 5) is 44.9. The summed E-state index contributed by atoms with van der Waals surface area (Å²) >= 11 is 0. The van der Waals surface area contributed by atoms with E-state index in [-0.39, 0.29) is 28.6 Å². The maximum Gasteiger partial charge on any atom is 0.416 e. The fourth-order valence-corrected chi connectivity index (χ4v) is 5.81. The summed E-state index contributed by atoms with van der Waals surface area (Å²) in [5.41, 5.74) is 1.64. The molecule has 2 amide bonds. The molecule has 1 fully saturated rings. The minimum absolute atomic E-state index is 0.00221. The van der Waals surface area contributed by atoms with Gasteiger partial charge in [0.2, 0.25) is 0 Å². The van der Waals surface area contributed by atoms with E-state index < -0.39 is 23.6 Å². The van der Waals surface area contributed by atoms with Crippen LogP contribution < -0.4 is 21.1 Å². The van der Waals surface area contributed by atoms with Gasteiger partial charge in [0, 0.05) is 61.0 Å². The quantitative estimate of drug-likeness (QED) is 0.334. The summed E-state index contributed by atoms with van der Waals surface area (Å²) in [6.07, 6.45) is -0.627. The fraction of sp³-hybridized carbons (Fsp3) is 0.226. The van der Waals surface area contributed by atoms with Gasteiger partial charge in [0.1, 0.15) is 0 Å². The summed E-state index contributed by atoms with van der Waals surface area (Å²) in [7, 11) is 0. The molecule has 4 heterocycles. The zero-order valence-corrected chi connectivity index (χ0v) is 22.3. The predicted molar refractivity (Wildman–Crippen MR) is 152 cm³/mol. The normalized spacial score (nSPS) is 17.7. The number of benzene rings is 2. The van der Waals surface area contributed by atoms with E-state index in [0.29, 0.717) is 36.6 Å². The van der Waals surface area contributed by atoms with Gasteiger partial charge in [-0.1, -0.05) is 12.1 Å². The first-order chi connectivity index (χ1) is 20.2. The second-order valence-electron chi connectivity index (χ2n) is 10.6. The third-order valence-corrected chi connectivity index (χ3v) is 7.70. The number of piperidine rings is 1. The molecule has 0 spiro atoms. The standard InChI is InChI=1S/C31H26F3N5O3/c32-31(33,34)23-5-1-6-24(14-23)36-29(41)20-9-10-27(25(13-20)37-30(42)21-4-3-11-35-15-21)38-16-19-12-22(18-38)26-7-2-8-28(40)39(26)17-19/h1-11,13-15,19,22H,12,16-18H2,(H,36,41)(H,37,42). The lowest BCUT2D eigenvalue weighted by Gasteiger charge is -2.44. The number of amides is 2. The van der Waals surface area contributed by atoms with Gasteiger partial charge in [-0.05, 0) is 66.9 Å². The van der Waals surface area contributed by atoms with E-state index in [2.05, 4.69) is 20.5 Å². The van der Waals surface area contributed by atoms with Gasteiger partial charge in [-0.15, -0.1) is 0 Å². The molecule has 0 saturated carbocycles. The number of hydrogen-bond acceptors (Lipinski definition) is 5. The lowest BCUT2D eigenvalue weighted by molar-refractivity contribution is -0.137. The fourth-order valence-electron chi connectivity index (χ4n) is 5.81. The molecular formula is C31H26F3N5O3. The molecule has 6 rings (SSSR count). The molecular weight excluding hydrogens is 547 g/mol. The number of nitrogens with one attached hydrogen (secondary N) is 2. The minimum atomic E-state index is -4.55. The van der Waals surface area contributed by atoms with E-state index in [1.54, 1.807) is 42.6 Å². The zero-order chi connectivity index (χ0) is 29.4. The Balaban J connectivity index is 1.31. The third-order valence-electron chi connectivity index (χ3n) is 7.70. The van der Waals surface area contributed by atoms with Crippen LogP contribution in [0, 0.1) is 5.92 Å². The van der Waals surface area contributed by atoms with Crippen LogP contribution in [0.4, 0.5) is 30.2 Å². The minimum Gasteiger partial charge on any atom is -0.369 e. The van der Waals surface area contributed by atoms with Crippen LogP contribution in [0.25, 0.3) is 0 Å². The van der Waals surface area contributed by atoms with Crippen molar-refractivity contribution in [3.05, 3.63) is 118 Å². The smallest absolute Gasteiger partial charge is 0.369 e. The number of rotatable bonds is 5. The summed E-state index contributed by atoms with van der Waals surface area (Å²) in [5, 5.41) is 5.42. The third kappa shape index (κ3) is 5.50. The number of nitrogens with zero attached hydrogens (tertiary/aromatic N) is 3. The number of anilines is 3. The zero-order valence-electron chi connectivity index (χ0n) is 22.3. The first-order valence-electron chi connectivity index (χ1n) is 13.4. The molecule has 2 unspecified atom stereocenters. The van der Waals surface area contributed by atoms with Crippen LogP contribution in [0.3, 0.4) is 0 Å². The van der Waals surface area contributed by atoms with Gasteiger partial charge in [0.15, 0.2) is 0 Å². The number of aromatic nitrogens is 2. The van der Waals surface area contributed by atoms with Crippen molar-refractivity contribution in [3.63, 3.8) is 0 Å². The Bertz CT molecular complexity index is 1720. The Morgan fingerprint density at radius 2 is 1.67 bits per heavy atom. The number of fused-ring (bicyclic) bond motifs is 4. The molecule has 0 aliphatic carbocycles. The average Bonchev–Trinajstić information content (AvgIpc) is 2.98. The summed E-state index contributed by atoms with van der Waals surface area (Å²) in [6.45, 7) is 1.84. The summed E-state index contributed by atoms with van der Waals surface area (Å²) < 4.78 is 41.4. The molecule has 2 aromatic heterocycles. The van der Waals surface area contributed by atoms with Crippen molar-refractivity contribution in [1.82, 2.24) is 9.55 Å². The number of carbonyl (C=O) groups excluding carboxylic acids is 2. The maximum absolute atomic E-state index is 13.2. The SMILES string of the molecule is O=C(Nc1cccc(C(F)(F)F)c1)c1ccc(N2CC3CC(C2)c2cccc(=O)n2C3)c(NC(=O)c2cccnc2)c1. The largest absolute Gasteiger partial charge is 0.416 e. The van der Waals surface area contributed by atoms with Gasteiger partial charge in [0.05, 0.1) is 22.5 Å². The number of halogens is 3. The lowest BCUT2D eigenvalue weighted by Crippen LogP contribution is -2.47. The monoisotopic (exact) mass is 573 g/mol. The van der Waals surface area contributed by atoms with E-state index >= 15 is 0 Å². The van der Waals surface area contributed by atoms with E-state index in [1.165, 1.54) is 24.4 Å². The van der Waals surface area contributed by atoms with Crippen molar-refractivity contribution in [3.8, 4) is 0 Å². The highest BCUT2D eigenvalue weighted by Gasteiger charge is 2.35. The van der Waals surface area contributed by atoms with Crippen molar-refractivity contribution < 1.29 is 22.8 Å². The van der Waals surface area contributed by atoms with Gasteiger partial charge in [-0.2, -0.15) is 13.2 Å². The highest BCUT2D eigenvalue weighted by Crippen LogP contribution is 2.39. The Labute approximate surface area is 238 Å². The highest BCUT2D eigenvalue weighted by atomic mass is 19.4. The van der Waals surface area contributed by atoms with Crippen molar-refractivity contribution in [2.45, 2.75) is 25.1 Å². The molecule has 2 N–H and O–H groups in total. The molecule has 214 valence electrons. The van der Waals surface area contributed by atoms with Crippen LogP contribution in [0.15, 0.2) is 90.0 Å². The molecule has 1 saturated heterocycles. The molecule has 11 heteroatoms. The first kappa shape index (κ1) is 27.3. The molecule has 2 aliphatic heterocycles. The molecule has 0 radical (unpaired) electrons. The molecule has 2 aromatic carbocycles. The van der Waals surface area contributed by atoms with E-state index in [0.717, 1.165) is 24.2 Å². The van der Waals surface area contributed by atoms with Crippen molar-refractivity contribution >= 4 is 28.9 Å². The average molecular weight is 574 g/mol. The summed E-state index contributed by atoms with van der Waals surface area (Å²) in [6, 6.07) is 17.8. The van der Waals surface area contributed by atoms with Crippen molar-refractivity contribution in [2.75, 3.05) is 28.6 Å². The van der Waals surface area contributed by atoms with Gasteiger partial charge >= 0.3 is 6.18 Å². The van der Waals surface area contributed by atoms with Crippen molar-refractivity contribution in [1.29, 1.82) is 0 Å². The first-order valence-corrected chi connectivity index (χ1v) is 13.4.